The van der Waals surface area contributed by atoms with Crippen LogP contribution in [0.2, 0.25) is 0 Å². The van der Waals surface area contributed by atoms with E-state index >= 15 is 0 Å². The molecule has 0 saturated heterocycles. The largest absolute Gasteiger partial charge is 0.411 e. The molecule has 1 aromatic heterocycles. The molecule has 0 fully saturated rings. The molecular formula is C14H14N2O. The summed E-state index contributed by atoms with van der Waals surface area (Å²) in [6.07, 6.45) is 5.11. The zero-order chi connectivity index (χ0) is 11.9. The molecule has 0 bridgehead atoms. The van der Waals surface area contributed by atoms with E-state index < -0.39 is 0 Å². The van der Waals surface area contributed by atoms with E-state index in [2.05, 4.69) is 10.1 Å². The van der Waals surface area contributed by atoms with E-state index in [9.17, 15) is 0 Å². The Bertz CT molecular complexity index is 480. The van der Waals surface area contributed by atoms with Gasteiger partial charge in [0.25, 0.3) is 0 Å². The highest BCUT2D eigenvalue weighted by atomic mass is 16.4. The Morgan fingerprint density at radius 3 is 2.59 bits per heavy atom. The van der Waals surface area contributed by atoms with Gasteiger partial charge in [0.15, 0.2) is 0 Å². The number of hydrogen-bond acceptors (Lipinski definition) is 3. The molecule has 1 N–H and O–H groups in total. The second kappa shape index (κ2) is 5.80. The Morgan fingerprint density at radius 2 is 1.94 bits per heavy atom. The summed E-state index contributed by atoms with van der Waals surface area (Å²) in [6.45, 7) is 0. The lowest BCUT2D eigenvalue weighted by Crippen LogP contribution is -2.03. The van der Waals surface area contributed by atoms with E-state index in [0.717, 1.165) is 17.5 Å². The zero-order valence-electron chi connectivity index (χ0n) is 9.45. The minimum Gasteiger partial charge on any atom is -0.411 e. The van der Waals surface area contributed by atoms with Crippen LogP contribution in [0.15, 0.2) is 60.0 Å². The fourth-order valence-corrected chi connectivity index (χ4v) is 1.69. The molecule has 2 aromatic rings. The van der Waals surface area contributed by atoms with Gasteiger partial charge in [0.2, 0.25) is 0 Å². The van der Waals surface area contributed by atoms with Gasteiger partial charge in [-0.2, -0.15) is 0 Å². The Labute approximate surface area is 100 Å². The molecule has 0 saturated carbocycles. The fourth-order valence-electron chi connectivity index (χ4n) is 1.69. The average Bonchev–Trinajstić information content (AvgIpc) is 2.42. The number of aryl methyl sites for hydroxylation is 1. The van der Waals surface area contributed by atoms with Crippen molar-refractivity contribution in [2.24, 2.45) is 5.16 Å². The lowest BCUT2D eigenvalue weighted by atomic mass is 10.0. The van der Waals surface area contributed by atoms with Crippen LogP contribution in [0, 0.1) is 0 Å². The summed E-state index contributed by atoms with van der Waals surface area (Å²) in [7, 11) is 0. The van der Waals surface area contributed by atoms with Crippen molar-refractivity contribution >= 4 is 5.71 Å². The summed E-state index contributed by atoms with van der Waals surface area (Å²) in [5.41, 5.74) is 2.80. The standard InChI is InChI=1S/C14H14N2O/c17-16-14(13-6-2-1-3-7-13)9-8-12-5-4-10-15-11-12/h1-7,10-11,17H,8-9H2. The highest BCUT2D eigenvalue weighted by Gasteiger charge is 2.04. The van der Waals surface area contributed by atoms with Gasteiger partial charge in [0.05, 0.1) is 5.71 Å². The number of oxime groups is 1. The molecule has 17 heavy (non-hydrogen) atoms. The molecule has 0 spiro atoms. The molecule has 0 atom stereocenters. The van der Waals surface area contributed by atoms with Gasteiger partial charge in [-0.15, -0.1) is 0 Å². The highest BCUT2D eigenvalue weighted by Crippen LogP contribution is 2.08. The first kappa shape index (κ1) is 11.3. The van der Waals surface area contributed by atoms with Crippen LogP contribution in [0.3, 0.4) is 0 Å². The monoisotopic (exact) mass is 226 g/mol. The third-order valence-electron chi connectivity index (χ3n) is 2.60. The molecule has 2 rings (SSSR count). The first-order valence-corrected chi connectivity index (χ1v) is 5.55. The number of aromatic nitrogens is 1. The number of rotatable bonds is 4. The molecule has 0 aliphatic rings. The van der Waals surface area contributed by atoms with Crippen LogP contribution < -0.4 is 0 Å². The second-order valence-electron chi connectivity index (χ2n) is 3.77. The van der Waals surface area contributed by atoms with Crippen LogP contribution in [-0.4, -0.2) is 15.9 Å². The molecule has 3 nitrogen and oxygen atoms in total. The van der Waals surface area contributed by atoms with Crippen molar-refractivity contribution in [1.29, 1.82) is 0 Å². The third-order valence-corrected chi connectivity index (χ3v) is 2.60. The lowest BCUT2D eigenvalue weighted by molar-refractivity contribution is 0.318. The second-order valence-corrected chi connectivity index (χ2v) is 3.77. The molecule has 0 amide bonds. The minimum absolute atomic E-state index is 0.701. The zero-order valence-corrected chi connectivity index (χ0v) is 9.45. The van der Waals surface area contributed by atoms with E-state index in [1.165, 1.54) is 0 Å². The Morgan fingerprint density at radius 1 is 1.12 bits per heavy atom. The molecule has 86 valence electrons. The first-order valence-electron chi connectivity index (χ1n) is 5.55. The first-order chi connectivity index (χ1) is 8.40. The predicted octanol–water partition coefficient (Wildman–Crippen LogP) is 2.89. The van der Waals surface area contributed by atoms with Crippen molar-refractivity contribution in [3.63, 3.8) is 0 Å². The van der Waals surface area contributed by atoms with Crippen LogP contribution in [0.25, 0.3) is 0 Å². The maximum Gasteiger partial charge on any atom is 0.0871 e. The maximum absolute atomic E-state index is 9.03. The number of benzene rings is 1. The average molecular weight is 226 g/mol. The summed E-state index contributed by atoms with van der Waals surface area (Å²) in [5.74, 6) is 0. The van der Waals surface area contributed by atoms with Gasteiger partial charge in [-0.3, -0.25) is 4.98 Å². The van der Waals surface area contributed by atoms with Gasteiger partial charge in [-0.1, -0.05) is 41.6 Å². The molecular weight excluding hydrogens is 212 g/mol. The van der Waals surface area contributed by atoms with Gasteiger partial charge < -0.3 is 5.21 Å². The molecule has 0 aliphatic carbocycles. The van der Waals surface area contributed by atoms with Crippen LogP contribution in [0.5, 0.6) is 0 Å². The quantitative estimate of drug-likeness (QED) is 0.495. The van der Waals surface area contributed by atoms with Gasteiger partial charge in [0.1, 0.15) is 0 Å². The van der Waals surface area contributed by atoms with Crippen molar-refractivity contribution in [2.75, 3.05) is 0 Å². The van der Waals surface area contributed by atoms with Crippen LogP contribution in [0.1, 0.15) is 17.5 Å². The fraction of sp³-hybridized carbons (Fsp3) is 0.143. The maximum atomic E-state index is 9.03. The van der Waals surface area contributed by atoms with Crippen molar-refractivity contribution in [3.05, 3.63) is 66.0 Å². The predicted molar refractivity (Wildman–Crippen MR) is 67.3 cm³/mol. The number of hydrogen-bond donors (Lipinski definition) is 1. The van der Waals surface area contributed by atoms with Crippen molar-refractivity contribution in [3.8, 4) is 0 Å². The van der Waals surface area contributed by atoms with Gasteiger partial charge >= 0.3 is 0 Å². The van der Waals surface area contributed by atoms with Gasteiger partial charge in [-0.25, -0.2) is 0 Å². The van der Waals surface area contributed by atoms with Gasteiger partial charge in [0, 0.05) is 12.4 Å². The molecule has 1 heterocycles. The normalized spacial score (nSPS) is 11.4. The molecule has 1 aromatic carbocycles. The number of pyridine rings is 1. The van der Waals surface area contributed by atoms with Crippen molar-refractivity contribution in [2.45, 2.75) is 12.8 Å². The summed E-state index contributed by atoms with van der Waals surface area (Å²) in [4.78, 5) is 4.06. The van der Waals surface area contributed by atoms with E-state index in [4.69, 9.17) is 5.21 Å². The molecule has 0 unspecified atom stereocenters. The molecule has 0 aliphatic heterocycles. The Hall–Kier alpha value is -2.16. The number of nitrogens with zero attached hydrogens (tertiary/aromatic N) is 2. The Balaban J connectivity index is 2.03. The molecule has 3 heteroatoms. The van der Waals surface area contributed by atoms with Gasteiger partial charge in [-0.05, 0) is 30.0 Å². The summed E-state index contributed by atoms with van der Waals surface area (Å²) < 4.78 is 0. The summed E-state index contributed by atoms with van der Waals surface area (Å²) >= 11 is 0. The van der Waals surface area contributed by atoms with Crippen LogP contribution in [-0.2, 0) is 6.42 Å². The molecule has 0 radical (unpaired) electrons. The van der Waals surface area contributed by atoms with Crippen molar-refractivity contribution in [1.82, 2.24) is 4.98 Å². The summed E-state index contributed by atoms with van der Waals surface area (Å²) in [5, 5.41) is 12.4. The summed E-state index contributed by atoms with van der Waals surface area (Å²) in [6, 6.07) is 13.6. The SMILES string of the molecule is ON=C(CCc1cccnc1)c1ccccc1. The van der Waals surface area contributed by atoms with Crippen molar-refractivity contribution < 1.29 is 5.21 Å². The third kappa shape index (κ3) is 3.14. The van der Waals surface area contributed by atoms with E-state index in [1.54, 1.807) is 6.20 Å². The van der Waals surface area contributed by atoms with E-state index in [1.807, 2.05) is 48.7 Å². The van der Waals surface area contributed by atoms with Crippen LogP contribution in [0.4, 0.5) is 0 Å². The van der Waals surface area contributed by atoms with E-state index in [0.29, 0.717) is 12.1 Å². The van der Waals surface area contributed by atoms with Crippen LogP contribution >= 0.6 is 0 Å². The lowest BCUT2D eigenvalue weighted by Gasteiger charge is -2.04. The topological polar surface area (TPSA) is 45.5 Å². The minimum atomic E-state index is 0.701. The highest BCUT2D eigenvalue weighted by molar-refractivity contribution is 6.00. The smallest absolute Gasteiger partial charge is 0.0871 e. The van der Waals surface area contributed by atoms with E-state index in [-0.39, 0.29) is 0 Å². The Kier molecular flexibility index (Phi) is 3.86.